The maximum atomic E-state index is 14.2. The Balaban J connectivity index is 1.17. The number of carbonyl (C=O) groups excluding carboxylic acids is 1. The minimum absolute atomic E-state index is 0.0105. The summed E-state index contributed by atoms with van der Waals surface area (Å²) in [6.45, 7) is 0.0264. The fourth-order valence-electron chi connectivity index (χ4n) is 7.20. The van der Waals surface area contributed by atoms with Gasteiger partial charge in [-0.25, -0.2) is 4.39 Å². The molecule has 1 spiro atoms. The monoisotopic (exact) mass is 569 g/mol. The maximum Gasteiger partial charge on any atom is 0.416 e. The number of hydrogen-bond acceptors (Lipinski definition) is 5. The van der Waals surface area contributed by atoms with Crippen molar-refractivity contribution in [3.8, 4) is 0 Å². The highest BCUT2D eigenvalue weighted by molar-refractivity contribution is 6.10. The van der Waals surface area contributed by atoms with Crippen LogP contribution < -0.4 is 10.2 Å². The molecule has 4 aliphatic rings. The van der Waals surface area contributed by atoms with Gasteiger partial charge in [0.15, 0.2) is 0 Å². The minimum atomic E-state index is -4.61. The van der Waals surface area contributed by atoms with Gasteiger partial charge in [-0.15, -0.1) is 10.2 Å². The molecule has 1 aromatic heterocycles. The van der Waals surface area contributed by atoms with E-state index in [4.69, 9.17) is 4.74 Å². The molecule has 41 heavy (non-hydrogen) atoms. The van der Waals surface area contributed by atoms with Crippen LogP contribution in [0.15, 0.2) is 42.7 Å². The zero-order chi connectivity index (χ0) is 28.7. The Morgan fingerprint density at radius 2 is 1.88 bits per heavy atom. The molecular weight excluding hydrogens is 538 g/mol. The van der Waals surface area contributed by atoms with Gasteiger partial charge in [0.05, 0.1) is 23.6 Å². The van der Waals surface area contributed by atoms with E-state index in [0.717, 1.165) is 17.5 Å². The van der Waals surface area contributed by atoms with Crippen LogP contribution in [-0.4, -0.2) is 46.1 Å². The zero-order valence-corrected chi connectivity index (χ0v) is 22.8. The van der Waals surface area contributed by atoms with Crippen molar-refractivity contribution in [2.75, 3.05) is 12.0 Å². The van der Waals surface area contributed by atoms with Crippen LogP contribution in [0, 0.1) is 5.41 Å². The molecule has 3 aliphatic carbocycles. The number of aryl methyl sites for hydroxylation is 1. The van der Waals surface area contributed by atoms with E-state index in [0.29, 0.717) is 43.4 Å². The van der Waals surface area contributed by atoms with Crippen molar-refractivity contribution in [3.05, 3.63) is 76.4 Å². The van der Waals surface area contributed by atoms with Crippen LogP contribution in [0.25, 0.3) is 0 Å². The Morgan fingerprint density at radius 3 is 2.51 bits per heavy atom. The predicted molar refractivity (Wildman–Crippen MR) is 142 cm³/mol. The van der Waals surface area contributed by atoms with E-state index < -0.39 is 29.2 Å². The van der Waals surface area contributed by atoms with Crippen molar-refractivity contribution in [1.29, 1.82) is 0 Å². The van der Waals surface area contributed by atoms with E-state index in [2.05, 4.69) is 15.5 Å². The third kappa shape index (κ3) is 4.19. The second kappa shape index (κ2) is 9.09. The van der Waals surface area contributed by atoms with Crippen LogP contribution >= 0.6 is 0 Å². The first-order valence-electron chi connectivity index (χ1n) is 13.9. The van der Waals surface area contributed by atoms with Gasteiger partial charge >= 0.3 is 6.18 Å². The number of methoxy groups -OCH3 is 1. The van der Waals surface area contributed by atoms with Crippen molar-refractivity contribution >= 4 is 11.6 Å². The number of alkyl halides is 4. The van der Waals surface area contributed by atoms with Gasteiger partial charge < -0.3 is 19.5 Å². The van der Waals surface area contributed by atoms with Crippen molar-refractivity contribution in [2.24, 2.45) is 12.5 Å². The summed E-state index contributed by atoms with van der Waals surface area (Å²) < 4.78 is 63.6. The van der Waals surface area contributed by atoms with E-state index in [9.17, 15) is 22.4 Å². The first-order chi connectivity index (χ1) is 19.5. The number of rotatable bonds is 7. The lowest BCUT2D eigenvalue weighted by molar-refractivity contribution is -0.138. The van der Waals surface area contributed by atoms with Crippen molar-refractivity contribution in [2.45, 2.75) is 75.1 Å². The van der Waals surface area contributed by atoms with E-state index in [1.165, 1.54) is 4.90 Å². The highest BCUT2D eigenvalue weighted by Gasteiger charge is 2.62. The van der Waals surface area contributed by atoms with E-state index >= 15 is 0 Å². The highest BCUT2D eigenvalue weighted by Crippen LogP contribution is 2.62. The average Bonchev–Trinajstić information content (AvgIpc) is 3.19. The second-order valence-corrected chi connectivity index (χ2v) is 12.2. The summed E-state index contributed by atoms with van der Waals surface area (Å²) in [7, 11) is 3.54. The smallest absolute Gasteiger partial charge is 0.381 e. The number of anilines is 1. The van der Waals surface area contributed by atoms with Gasteiger partial charge in [0.25, 0.3) is 5.91 Å². The number of hydrogen-bond donors (Lipinski definition) is 1. The summed E-state index contributed by atoms with van der Waals surface area (Å²) in [6, 6.07) is 10.2. The Bertz CT molecular complexity index is 1520. The Labute approximate surface area is 234 Å². The summed E-state index contributed by atoms with van der Waals surface area (Å²) in [4.78, 5) is 15.1. The molecule has 0 radical (unpaired) electrons. The third-order valence-corrected chi connectivity index (χ3v) is 9.73. The van der Waals surface area contributed by atoms with Gasteiger partial charge in [0.1, 0.15) is 18.3 Å². The summed E-state index contributed by atoms with van der Waals surface area (Å²) in [5, 5.41) is 11.7. The number of fused-ring (bicyclic) bond motifs is 1. The molecule has 216 valence electrons. The van der Waals surface area contributed by atoms with Gasteiger partial charge in [-0.2, -0.15) is 13.2 Å². The molecular formula is C30H31F4N5O2. The van der Waals surface area contributed by atoms with Crippen molar-refractivity contribution in [3.63, 3.8) is 0 Å². The molecule has 1 N–H and O–H groups in total. The SMILES string of the molecule is CO[C@H]1C[C@](c2cccc(N3Cc4c(cc(CNC5CC6(C5)CC6F)cc4C(F)(F)F)C3=O)c2)(c2nncn2C)C1. The molecule has 2 aromatic carbocycles. The molecule has 7 rings (SSSR count). The van der Waals surface area contributed by atoms with Crippen LogP contribution in [0.2, 0.25) is 0 Å². The summed E-state index contributed by atoms with van der Waals surface area (Å²) in [5.74, 6) is 0.318. The third-order valence-electron chi connectivity index (χ3n) is 9.73. The van der Waals surface area contributed by atoms with Crippen LogP contribution in [0.3, 0.4) is 0 Å². The molecule has 1 unspecified atom stereocenters. The normalized spacial score (nSPS) is 30.3. The second-order valence-electron chi connectivity index (χ2n) is 12.2. The minimum Gasteiger partial charge on any atom is -0.381 e. The largest absolute Gasteiger partial charge is 0.416 e. The summed E-state index contributed by atoms with van der Waals surface area (Å²) in [5.41, 5.74) is 0.441. The molecule has 7 nitrogen and oxygen atoms in total. The number of benzene rings is 2. The Hall–Kier alpha value is -3.31. The van der Waals surface area contributed by atoms with E-state index in [-0.39, 0.29) is 41.8 Å². The molecule has 0 bridgehead atoms. The summed E-state index contributed by atoms with van der Waals surface area (Å²) >= 11 is 0. The average molecular weight is 570 g/mol. The standard InChI is InChI=1S/C30H31F4N5O2/c1-38-16-36-37-27(38)29(11-21(12-29)41-2)18-4-3-5-20(8-18)39-15-23-22(26(39)40)6-17(7-24(23)30(32,33)34)14-35-19-9-28(10-19)13-25(28)31/h3-8,16,19,21,25,35H,9-15H2,1-2H3/t19?,21-,25?,28?,29-. The molecule has 0 saturated heterocycles. The Kier molecular flexibility index (Phi) is 5.90. The Morgan fingerprint density at radius 1 is 1.12 bits per heavy atom. The van der Waals surface area contributed by atoms with E-state index in [1.54, 1.807) is 25.6 Å². The molecule has 2 heterocycles. The van der Waals surface area contributed by atoms with Gasteiger partial charge in [0, 0.05) is 43.4 Å². The van der Waals surface area contributed by atoms with Crippen molar-refractivity contribution < 1.29 is 27.1 Å². The zero-order valence-electron chi connectivity index (χ0n) is 22.8. The van der Waals surface area contributed by atoms with Gasteiger partial charge in [0.2, 0.25) is 0 Å². The van der Waals surface area contributed by atoms with Gasteiger partial charge in [-0.1, -0.05) is 12.1 Å². The molecule has 3 saturated carbocycles. The summed E-state index contributed by atoms with van der Waals surface area (Å²) in [6.07, 6.45) is -0.329. The van der Waals surface area contributed by atoms with Crippen LogP contribution in [0.5, 0.6) is 0 Å². The number of aromatic nitrogens is 3. The topological polar surface area (TPSA) is 72.3 Å². The van der Waals surface area contributed by atoms with Crippen molar-refractivity contribution in [1.82, 2.24) is 20.1 Å². The molecule has 11 heteroatoms. The maximum absolute atomic E-state index is 14.2. The number of nitrogens with zero attached hydrogens (tertiary/aromatic N) is 4. The fraction of sp³-hybridized carbons (Fsp3) is 0.500. The molecule has 1 amide bonds. The fourth-order valence-corrected chi connectivity index (χ4v) is 7.20. The quantitative estimate of drug-likeness (QED) is 0.403. The number of ether oxygens (including phenoxy) is 1. The lowest BCUT2D eigenvalue weighted by Gasteiger charge is -2.46. The number of halogens is 4. The molecule has 3 aromatic rings. The first-order valence-corrected chi connectivity index (χ1v) is 13.9. The van der Waals surface area contributed by atoms with Crippen LogP contribution in [0.4, 0.5) is 23.2 Å². The predicted octanol–water partition coefficient (Wildman–Crippen LogP) is 5.07. The van der Waals surface area contributed by atoms with E-state index in [1.807, 2.05) is 29.8 Å². The number of amides is 1. The lowest BCUT2D eigenvalue weighted by atomic mass is 9.62. The first kappa shape index (κ1) is 26.6. The number of nitrogens with one attached hydrogen (secondary N) is 1. The van der Waals surface area contributed by atoms with Gasteiger partial charge in [-0.05, 0) is 73.1 Å². The molecule has 1 atom stereocenters. The molecule has 1 aliphatic heterocycles. The highest BCUT2D eigenvalue weighted by atomic mass is 19.4. The van der Waals surface area contributed by atoms with Gasteiger partial charge in [-0.3, -0.25) is 4.79 Å². The number of carbonyl (C=O) groups is 1. The van der Waals surface area contributed by atoms with Crippen LogP contribution in [0.1, 0.15) is 70.5 Å². The lowest BCUT2D eigenvalue weighted by Crippen LogP contribution is -2.48. The van der Waals surface area contributed by atoms with Crippen LogP contribution in [-0.2, 0) is 36.5 Å². The molecule has 3 fully saturated rings.